The molecule has 200 valence electrons. The largest absolute Gasteiger partial charge is 0.507 e. The van der Waals surface area contributed by atoms with Crippen molar-refractivity contribution >= 4 is 23.9 Å². The Kier molecular flexibility index (Phi) is 7.63. The van der Waals surface area contributed by atoms with Crippen LogP contribution in [0.4, 0.5) is 0 Å². The van der Waals surface area contributed by atoms with E-state index in [1.807, 2.05) is 60.7 Å². The highest BCUT2D eigenvalue weighted by atomic mass is 16.6. The first-order chi connectivity index (χ1) is 18.8. The maximum Gasteiger partial charge on any atom is 0.311 e. The molecule has 39 heavy (non-hydrogen) atoms. The quantitative estimate of drug-likeness (QED) is 0.168. The number of allylic oxidation sites excluding steroid dienone is 1. The number of benzene rings is 3. The van der Waals surface area contributed by atoms with Crippen LogP contribution in [0, 0.1) is 0 Å². The number of phenolic OH excluding ortho intramolecular Hbond substituents is 2. The van der Waals surface area contributed by atoms with Gasteiger partial charge < -0.3 is 24.8 Å². The van der Waals surface area contributed by atoms with Gasteiger partial charge >= 0.3 is 5.97 Å². The number of phenols is 2. The van der Waals surface area contributed by atoms with Gasteiger partial charge in [0.2, 0.25) is 0 Å². The van der Waals surface area contributed by atoms with Crippen LogP contribution in [0.2, 0.25) is 0 Å². The van der Waals surface area contributed by atoms with Gasteiger partial charge in [0.05, 0.1) is 6.10 Å². The maximum absolute atomic E-state index is 13.1. The summed E-state index contributed by atoms with van der Waals surface area (Å²) in [5.74, 6) is -4.31. The predicted molar refractivity (Wildman–Crippen MR) is 146 cm³/mol. The average molecular weight is 527 g/mol. The van der Waals surface area contributed by atoms with Crippen LogP contribution >= 0.6 is 0 Å². The van der Waals surface area contributed by atoms with Crippen LogP contribution in [0.5, 0.6) is 17.2 Å². The first-order valence-corrected chi connectivity index (χ1v) is 13.0. The molecule has 1 saturated heterocycles. The number of ether oxygens (including phenoxy) is 2. The number of aromatic hydroxyl groups is 2. The molecule has 5 rings (SSSR count). The molecule has 2 aliphatic rings. The molecule has 2 aliphatic heterocycles. The molecule has 3 aromatic carbocycles. The van der Waals surface area contributed by atoms with E-state index in [1.165, 1.54) is 12.1 Å². The van der Waals surface area contributed by atoms with Crippen LogP contribution in [-0.4, -0.2) is 39.0 Å². The second kappa shape index (κ2) is 11.3. The van der Waals surface area contributed by atoms with Crippen molar-refractivity contribution in [3.63, 3.8) is 0 Å². The van der Waals surface area contributed by atoms with E-state index in [2.05, 4.69) is 0 Å². The van der Waals surface area contributed by atoms with Gasteiger partial charge in [0.1, 0.15) is 22.8 Å². The Balaban J connectivity index is 1.54. The van der Waals surface area contributed by atoms with Crippen molar-refractivity contribution in [3.05, 3.63) is 101 Å². The lowest BCUT2D eigenvalue weighted by molar-refractivity contribution is -0.227. The second-order valence-corrected chi connectivity index (χ2v) is 9.97. The van der Waals surface area contributed by atoms with Gasteiger partial charge in [-0.05, 0) is 48.5 Å². The van der Waals surface area contributed by atoms with Crippen molar-refractivity contribution in [2.75, 3.05) is 0 Å². The Labute approximate surface area is 226 Å². The number of hydrogen-bond acceptors (Lipinski definition) is 7. The number of fused-ring (bicyclic) bond motifs is 4. The highest BCUT2D eigenvalue weighted by Gasteiger charge is 2.42. The van der Waals surface area contributed by atoms with Crippen LogP contribution in [0.25, 0.3) is 12.2 Å². The summed E-state index contributed by atoms with van der Waals surface area (Å²) in [6.07, 6.45) is 7.38. The molecular formula is C32H30O7. The molecule has 0 saturated carbocycles. The molecule has 2 heterocycles. The van der Waals surface area contributed by atoms with Gasteiger partial charge in [0.15, 0.2) is 11.6 Å². The standard InChI is InChI=1S/C32H30O7/c33-25(15-14-21-8-3-1-4-9-21)30-26(34)19-27-29(31(30)36)23-18-24(12-7-13-28(35)38-27)39-32(37,20-23)17-16-22-10-5-2-6-11-22/h1-6,8-11,14-17,19,23-24,34,36-37H,7,12-13,18,20H2/b15-14+,17-16-/t23?,24-,32+/m1/s1. The van der Waals surface area contributed by atoms with E-state index in [0.29, 0.717) is 19.3 Å². The fourth-order valence-electron chi connectivity index (χ4n) is 5.27. The molecule has 1 fully saturated rings. The second-order valence-electron chi connectivity index (χ2n) is 9.97. The van der Waals surface area contributed by atoms with Crippen molar-refractivity contribution in [1.29, 1.82) is 0 Å². The monoisotopic (exact) mass is 526 g/mol. The van der Waals surface area contributed by atoms with Crippen molar-refractivity contribution in [2.24, 2.45) is 0 Å². The van der Waals surface area contributed by atoms with E-state index >= 15 is 0 Å². The van der Waals surface area contributed by atoms with E-state index in [4.69, 9.17) is 9.47 Å². The summed E-state index contributed by atoms with van der Waals surface area (Å²) in [5, 5.41) is 33.6. The predicted octanol–water partition coefficient (Wildman–Crippen LogP) is 5.75. The molecule has 0 spiro atoms. The van der Waals surface area contributed by atoms with Crippen LogP contribution in [-0.2, 0) is 9.53 Å². The molecule has 3 aromatic rings. The molecule has 0 aromatic heterocycles. The minimum absolute atomic E-state index is 0.0273. The van der Waals surface area contributed by atoms with E-state index in [1.54, 1.807) is 18.2 Å². The molecule has 0 radical (unpaired) electrons. The molecule has 2 bridgehead atoms. The Morgan fingerprint density at radius 1 is 0.974 bits per heavy atom. The number of carbonyl (C=O) groups excluding carboxylic acids is 2. The topological polar surface area (TPSA) is 113 Å². The summed E-state index contributed by atoms with van der Waals surface area (Å²) in [5.41, 5.74) is 1.56. The summed E-state index contributed by atoms with van der Waals surface area (Å²) in [7, 11) is 0. The van der Waals surface area contributed by atoms with Gasteiger partial charge in [-0.3, -0.25) is 9.59 Å². The number of esters is 1. The molecule has 3 atom stereocenters. The first-order valence-electron chi connectivity index (χ1n) is 13.0. The minimum Gasteiger partial charge on any atom is -0.507 e. The molecule has 3 N–H and O–H groups in total. The third kappa shape index (κ3) is 6.11. The molecule has 0 amide bonds. The Morgan fingerprint density at radius 2 is 1.64 bits per heavy atom. The number of rotatable bonds is 5. The highest BCUT2D eigenvalue weighted by molar-refractivity contribution is 6.11. The van der Waals surface area contributed by atoms with Gasteiger partial charge in [-0.1, -0.05) is 72.8 Å². The fraction of sp³-hybridized carbons (Fsp3) is 0.250. The number of hydrogen-bond donors (Lipinski definition) is 3. The summed E-state index contributed by atoms with van der Waals surface area (Å²) in [6.45, 7) is 0. The summed E-state index contributed by atoms with van der Waals surface area (Å²) in [4.78, 5) is 25.7. The lowest BCUT2D eigenvalue weighted by atomic mass is 9.80. The van der Waals surface area contributed by atoms with E-state index < -0.39 is 41.1 Å². The smallest absolute Gasteiger partial charge is 0.311 e. The third-order valence-corrected chi connectivity index (χ3v) is 7.09. The zero-order valence-corrected chi connectivity index (χ0v) is 21.3. The first kappa shape index (κ1) is 26.4. The Morgan fingerprint density at radius 3 is 2.33 bits per heavy atom. The van der Waals surface area contributed by atoms with Gasteiger partial charge in [-0.25, -0.2) is 0 Å². The van der Waals surface area contributed by atoms with Gasteiger partial charge in [-0.15, -0.1) is 0 Å². The Hall–Kier alpha value is -4.20. The SMILES string of the molecule is O=C1CCC[C@@H]2CC(C[C@](O)(/C=C\c3ccccc3)O2)c2c(cc(O)c(C(=O)/C=C/c3ccccc3)c2O)O1. The van der Waals surface area contributed by atoms with E-state index in [9.17, 15) is 24.9 Å². The van der Waals surface area contributed by atoms with Crippen molar-refractivity contribution < 1.29 is 34.4 Å². The lowest BCUT2D eigenvalue weighted by Gasteiger charge is -2.41. The van der Waals surface area contributed by atoms with Gasteiger partial charge in [0.25, 0.3) is 0 Å². The van der Waals surface area contributed by atoms with E-state index in [-0.39, 0.29) is 29.7 Å². The van der Waals surface area contributed by atoms with Gasteiger partial charge in [0, 0.05) is 24.5 Å². The van der Waals surface area contributed by atoms with Crippen LogP contribution in [0.15, 0.2) is 78.9 Å². The van der Waals surface area contributed by atoms with Crippen molar-refractivity contribution in [3.8, 4) is 17.2 Å². The molecule has 7 heteroatoms. The van der Waals surface area contributed by atoms with E-state index in [0.717, 1.165) is 11.1 Å². The molecule has 0 aliphatic carbocycles. The van der Waals surface area contributed by atoms with Crippen LogP contribution in [0.1, 0.15) is 65.1 Å². The highest BCUT2D eigenvalue weighted by Crippen LogP contribution is 2.50. The van der Waals surface area contributed by atoms with Crippen molar-refractivity contribution in [2.45, 2.75) is 49.9 Å². The minimum atomic E-state index is -1.66. The summed E-state index contributed by atoms with van der Waals surface area (Å²) in [6, 6.07) is 19.9. The zero-order valence-electron chi connectivity index (χ0n) is 21.3. The number of carbonyl (C=O) groups is 2. The number of aliphatic hydroxyl groups is 1. The normalized spacial score (nSPS) is 23.4. The van der Waals surface area contributed by atoms with Gasteiger partial charge in [-0.2, -0.15) is 0 Å². The molecule has 7 nitrogen and oxygen atoms in total. The van der Waals surface area contributed by atoms with Crippen LogP contribution in [0.3, 0.4) is 0 Å². The fourth-order valence-corrected chi connectivity index (χ4v) is 5.27. The third-order valence-electron chi connectivity index (χ3n) is 7.09. The summed E-state index contributed by atoms with van der Waals surface area (Å²) < 4.78 is 11.6. The zero-order chi connectivity index (χ0) is 27.4. The summed E-state index contributed by atoms with van der Waals surface area (Å²) >= 11 is 0. The Bertz CT molecular complexity index is 1410. The van der Waals surface area contributed by atoms with Crippen LogP contribution < -0.4 is 4.74 Å². The lowest BCUT2D eigenvalue weighted by Crippen LogP contribution is -2.42. The molecular weight excluding hydrogens is 496 g/mol. The molecule has 1 unspecified atom stereocenters. The average Bonchev–Trinajstić information content (AvgIpc) is 2.91. The van der Waals surface area contributed by atoms with Crippen molar-refractivity contribution in [1.82, 2.24) is 0 Å². The maximum atomic E-state index is 13.1. The number of ketones is 1.